The van der Waals surface area contributed by atoms with Crippen molar-refractivity contribution in [2.75, 3.05) is 6.61 Å². The molecule has 1 rings (SSSR count). The molecular weight excluding hydrogens is 299 g/mol. The topological polar surface area (TPSA) is 35.0 Å². The van der Waals surface area contributed by atoms with E-state index in [9.17, 15) is 17.6 Å². The number of aromatic nitrogens is 2. The molecule has 0 fully saturated rings. The summed E-state index contributed by atoms with van der Waals surface area (Å²) in [5.74, 6) is -4.26. The number of hydrogen-bond acceptors (Lipinski definition) is 3. The van der Waals surface area contributed by atoms with Gasteiger partial charge < -0.3 is 4.74 Å². The quantitative estimate of drug-likeness (QED) is 0.617. The number of ether oxygens (including phenoxy) is 1. The van der Waals surface area contributed by atoms with Crippen LogP contribution in [0.4, 0.5) is 17.6 Å². The lowest BCUT2D eigenvalue weighted by molar-refractivity contribution is -0.168. The Morgan fingerprint density at radius 3 is 2.17 bits per heavy atom. The van der Waals surface area contributed by atoms with Gasteiger partial charge in [0.15, 0.2) is 5.82 Å². The smallest absolute Gasteiger partial charge is 0.330 e. The third-order valence-electron chi connectivity index (χ3n) is 1.92. The predicted octanol–water partition coefficient (Wildman–Crippen LogP) is 3.51. The summed E-state index contributed by atoms with van der Waals surface area (Å²) in [4.78, 5) is 7.42. The number of rotatable bonds is 5. The van der Waals surface area contributed by atoms with Gasteiger partial charge in [-0.25, -0.2) is 18.7 Å². The second kappa shape index (κ2) is 5.99. The molecule has 1 heterocycles. The van der Waals surface area contributed by atoms with Crippen LogP contribution in [0, 0.1) is 6.92 Å². The molecule has 0 aromatic carbocycles. The van der Waals surface area contributed by atoms with Gasteiger partial charge in [0.05, 0.1) is 0 Å². The molecule has 1 aromatic rings. The molecule has 0 bridgehead atoms. The molecule has 0 saturated heterocycles. The lowest BCUT2D eigenvalue weighted by atomic mass is 10.4. The van der Waals surface area contributed by atoms with Gasteiger partial charge in [0.2, 0.25) is 0 Å². The largest absolute Gasteiger partial charge is 0.367 e. The van der Waals surface area contributed by atoms with Crippen LogP contribution >= 0.6 is 23.2 Å². The Labute approximate surface area is 110 Å². The van der Waals surface area contributed by atoms with Crippen LogP contribution in [0.15, 0.2) is 0 Å². The number of alkyl halides is 4. The Hall–Kier alpha value is -0.660. The van der Waals surface area contributed by atoms with Crippen molar-refractivity contribution in [1.29, 1.82) is 0 Å². The minimum atomic E-state index is -4.21. The van der Waals surface area contributed by atoms with Crippen LogP contribution in [0.5, 0.6) is 0 Å². The van der Waals surface area contributed by atoms with Crippen molar-refractivity contribution in [3.63, 3.8) is 0 Å². The zero-order valence-electron chi connectivity index (χ0n) is 9.06. The van der Waals surface area contributed by atoms with E-state index in [1.165, 1.54) is 0 Å². The zero-order valence-corrected chi connectivity index (χ0v) is 10.6. The van der Waals surface area contributed by atoms with Crippen molar-refractivity contribution in [3.05, 3.63) is 21.7 Å². The molecule has 0 N–H and O–H groups in total. The van der Waals surface area contributed by atoms with Gasteiger partial charge in [-0.1, -0.05) is 23.2 Å². The molecular formula is C9H8Cl2F4N2O. The lowest BCUT2D eigenvalue weighted by Crippen LogP contribution is -2.32. The molecule has 0 aliphatic carbocycles. The molecule has 0 atom stereocenters. The Morgan fingerprint density at radius 2 is 1.72 bits per heavy atom. The van der Waals surface area contributed by atoms with E-state index in [0.29, 0.717) is 5.56 Å². The lowest BCUT2D eigenvalue weighted by Gasteiger charge is -2.14. The molecule has 0 spiro atoms. The minimum absolute atomic E-state index is 0.0502. The summed E-state index contributed by atoms with van der Waals surface area (Å²) in [6, 6.07) is 0. The van der Waals surface area contributed by atoms with Gasteiger partial charge in [0.1, 0.15) is 23.5 Å². The first-order valence-electron chi connectivity index (χ1n) is 4.66. The summed E-state index contributed by atoms with van der Waals surface area (Å²) in [5.41, 5.74) is 0.431. The Balaban J connectivity index is 2.60. The fourth-order valence-electron chi connectivity index (χ4n) is 0.910. The molecule has 18 heavy (non-hydrogen) atoms. The predicted molar refractivity (Wildman–Crippen MR) is 57.4 cm³/mol. The fourth-order valence-corrected chi connectivity index (χ4v) is 1.33. The maximum atomic E-state index is 12.5. The highest BCUT2D eigenvalue weighted by Crippen LogP contribution is 2.24. The second-order valence-corrected chi connectivity index (χ2v) is 4.12. The molecule has 9 heteroatoms. The molecule has 0 radical (unpaired) electrons. The Morgan fingerprint density at radius 1 is 1.22 bits per heavy atom. The summed E-state index contributed by atoms with van der Waals surface area (Å²) in [6.45, 7) is -0.348. The van der Waals surface area contributed by atoms with E-state index >= 15 is 0 Å². The van der Waals surface area contributed by atoms with Crippen molar-refractivity contribution in [2.24, 2.45) is 0 Å². The first-order valence-corrected chi connectivity index (χ1v) is 5.42. The van der Waals surface area contributed by atoms with Gasteiger partial charge in [-0.15, -0.1) is 0 Å². The highest BCUT2D eigenvalue weighted by atomic mass is 35.5. The van der Waals surface area contributed by atoms with Crippen molar-refractivity contribution in [2.45, 2.75) is 25.9 Å². The highest BCUT2D eigenvalue weighted by molar-refractivity contribution is 6.34. The maximum Gasteiger partial charge on any atom is 0.330 e. The van der Waals surface area contributed by atoms with Gasteiger partial charge in [0.25, 0.3) is 0 Å². The van der Waals surface area contributed by atoms with Crippen molar-refractivity contribution in [3.8, 4) is 0 Å². The number of nitrogens with zero attached hydrogens (tertiary/aromatic N) is 2. The molecule has 0 unspecified atom stereocenters. The summed E-state index contributed by atoms with van der Waals surface area (Å²) >= 11 is 11.4. The summed E-state index contributed by atoms with van der Waals surface area (Å²) in [7, 11) is 0. The summed E-state index contributed by atoms with van der Waals surface area (Å²) in [5, 5.41) is 0.100. The first kappa shape index (κ1) is 15.4. The van der Waals surface area contributed by atoms with Crippen LogP contribution in [-0.4, -0.2) is 28.9 Å². The maximum absolute atomic E-state index is 12.5. The molecule has 0 saturated carbocycles. The van der Waals surface area contributed by atoms with Crippen LogP contribution in [0.1, 0.15) is 11.4 Å². The van der Waals surface area contributed by atoms with Crippen molar-refractivity contribution < 1.29 is 22.3 Å². The van der Waals surface area contributed by atoms with E-state index in [-0.39, 0.29) is 16.1 Å². The molecule has 0 amide bonds. The summed E-state index contributed by atoms with van der Waals surface area (Å²) < 4.78 is 53.1. The Kier molecular flexibility index (Phi) is 5.12. The number of hydrogen-bond donors (Lipinski definition) is 0. The van der Waals surface area contributed by atoms with E-state index < -0.39 is 25.6 Å². The number of halogens is 6. The highest BCUT2D eigenvalue weighted by Gasteiger charge is 2.41. The van der Waals surface area contributed by atoms with Crippen LogP contribution in [0.3, 0.4) is 0 Å². The molecule has 0 aliphatic heterocycles. The van der Waals surface area contributed by atoms with Crippen LogP contribution in [0.25, 0.3) is 0 Å². The third-order valence-corrected chi connectivity index (χ3v) is 2.65. The second-order valence-electron chi connectivity index (χ2n) is 3.40. The van der Waals surface area contributed by atoms with Crippen molar-refractivity contribution in [1.82, 2.24) is 9.97 Å². The first-order chi connectivity index (χ1) is 8.24. The van der Waals surface area contributed by atoms with Crippen LogP contribution in [-0.2, 0) is 11.3 Å². The monoisotopic (exact) mass is 306 g/mol. The van der Waals surface area contributed by atoms with Gasteiger partial charge in [0, 0.05) is 5.56 Å². The van der Waals surface area contributed by atoms with Gasteiger partial charge in [-0.2, -0.15) is 8.78 Å². The third kappa shape index (κ3) is 3.93. The van der Waals surface area contributed by atoms with Gasteiger partial charge >= 0.3 is 12.3 Å². The van der Waals surface area contributed by atoms with E-state index in [2.05, 4.69) is 14.7 Å². The van der Waals surface area contributed by atoms with E-state index in [1.54, 1.807) is 6.92 Å². The average Bonchev–Trinajstić information content (AvgIpc) is 2.25. The molecule has 1 aromatic heterocycles. The average molecular weight is 307 g/mol. The standard InChI is InChI=1S/C9H8Cl2F4N2O/c1-4-6(10)16-5(17-7(4)11)2-18-3-9(14,15)8(12)13/h8H,2-3H2,1H3. The van der Waals surface area contributed by atoms with E-state index in [1.807, 2.05) is 0 Å². The van der Waals surface area contributed by atoms with Crippen LogP contribution in [0.2, 0.25) is 10.3 Å². The molecule has 3 nitrogen and oxygen atoms in total. The fraction of sp³-hybridized carbons (Fsp3) is 0.556. The van der Waals surface area contributed by atoms with E-state index in [0.717, 1.165) is 0 Å². The SMILES string of the molecule is Cc1c(Cl)nc(COCC(F)(F)C(F)F)nc1Cl. The van der Waals surface area contributed by atoms with Crippen LogP contribution < -0.4 is 0 Å². The van der Waals surface area contributed by atoms with Gasteiger partial charge in [-0.05, 0) is 6.92 Å². The van der Waals surface area contributed by atoms with E-state index in [4.69, 9.17) is 23.2 Å². The minimum Gasteiger partial charge on any atom is -0.367 e. The Bertz CT molecular complexity index is 408. The zero-order chi connectivity index (χ0) is 13.9. The molecule has 102 valence electrons. The van der Waals surface area contributed by atoms with Gasteiger partial charge in [-0.3, -0.25) is 0 Å². The van der Waals surface area contributed by atoms with Crippen molar-refractivity contribution >= 4 is 23.2 Å². The normalized spacial score (nSPS) is 12.2. The summed E-state index contributed by atoms with van der Waals surface area (Å²) in [6.07, 6.45) is -3.79. The molecule has 0 aliphatic rings.